The molecule has 104 valence electrons. The number of hydrogen-bond acceptors (Lipinski definition) is 3. The molecule has 4 heteroatoms. The van der Waals surface area contributed by atoms with E-state index in [0.29, 0.717) is 10.7 Å². The molecule has 0 spiro atoms. The van der Waals surface area contributed by atoms with Gasteiger partial charge < -0.3 is 15.5 Å². The molecule has 2 aromatic carbocycles. The van der Waals surface area contributed by atoms with Crippen LogP contribution in [0.3, 0.4) is 0 Å². The van der Waals surface area contributed by atoms with Crippen molar-refractivity contribution in [3.63, 3.8) is 0 Å². The molecule has 0 unspecified atom stereocenters. The van der Waals surface area contributed by atoms with Gasteiger partial charge in [0, 0.05) is 26.7 Å². The number of halogens is 1. The van der Waals surface area contributed by atoms with Crippen LogP contribution in [0, 0.1) is 0 Å². The van der Waals surface area contributed by atoms with Crippen molar-refractivity contribution in [1.29, 1.82) is 0 Å². The maximum atomic E-state index is 5.98. The second-order valence-corrected chi connectivity index (χ2v) is 5.59. The van der Waals surface area contributed by atoms with Gasteiger partial charge in [0.1, 0.15) is 0 Å². The van der Waals surface area contributed by atoms with Crippen LogP contribution in [-0.2, 0) is 6.54 Å². The van der Waals surface area contributed by atoms with Gasteiger partial charge in [-0.25, -0.2) is 0 Å². The Bertz CT molecular complexity index is 627. The Morgan fingerprint density at radius 3 is 2.60 bits per heavy atom. The lowest BCUT2D eigenvalue weighted by atomic mass is 10.1. The maximum Gasteiger partial charge on any atom is 0.0635 e. The lowest BCUT2D eigenvalue weighted by Gasteiger charge is -2.37. The number of likely N-dealkylation sites (N-methyl/N-ethyl adjacent to an activating group) is 1. The Morgan fingerprint density at radius 1 is 1.10 bits per heavy atom. The number of benzene rings is 2. The molecule has 3 rings (SSSR count). The third kappa shape index (κ3) is 2.41. The van der Waals surface area contributed by atoms with Crippen LogP contribution in [0.4, 0.5) is 17.1 Å². The largest absolute Gasteiger partial charge is 0.398 e. The molecular weight excluding hydrogens is 270 g/mol. The minimum atomic E-state index is 0.618. The summed E-state index contributed by atoms with van der Waals surface area (Å²) in [5.41, 5.74) is 10.3. The number of nitrogens with two attached hydrogens (primary N) is 1. The van der Waals surface area contributed by atoms with Crippen molar-refractivity contribution in [3.8, 4) is 0 Å². The average Bonchev–Trinajstić information content (AvgIpc) is 2.46. The van der Waals surface area contributed by atoms with Gasteiger partial charge in [-0.15, -0.1) is 0 Å². The topological polar surface area (TPSA) is 32.5 Å². The highest BCUT2D eigenvalue weighted by Gasteiger charge is 2.19. The highest BCUT2D eigenvalue weighted by molar-refractivity contribution is 6.33. The van der Waals surface area contributed by atoms with Crippen molar-refractivity contribution in [2.45, 2.75) is 6.54 Å². The van der Waals surface area contributed by atoms with Crippen molar-refractivity contribution in [2.24, 2.45) is 0 Å². The molecule has 0 aromatic heterocycles. The van der Waals surface area contributed by atoms with Gasteiger partial charge >= 0.3 is 0 Å². The van der Waals surface area contributed by atoms with Crippen LogP contribution in [0.2, 0.25) is 5.02 Å². The third-order valence-corrected chi connectivity index (χ3v) is 4.12. The third-order valence-electron chi connectivity index (χ3n) is 3.77. The quantitative estimate of drug-likeness (QED) is 0.860. The van der Waals surface area contributed by atoms with Gasteiger partial charge in [-0.1, -0.05) is 29.8 Å². The minimum absolute atomic E-state index is 0.618. The summed E-state index contributed by atoms with van der Waals surface area (Å²) in [5, 5.41) is 0.618. The lowest BCUT2D eigenvalue weighted by Crippen LogP contribution is -2.38. The molecule has 0 saturated carbocycles. The van der Waals surface area contributed by atoms with E-state index in [1.54, 1.807) is 0 Å². The van der Waals surface area contributed by atoms with E-state index in [1.165, 1.54) is 16.9 Å². The molecule has 1 heterocycles. The minimum Gasteiger partial charge on any atom is -0.398 e. The number of para-hydroxylation sites is 2. The first-order valence-electron chi connectivity index (χ1n) is 6.74. The zero-order chi connectivity index (χ0) is 14.1. The fraction of sp³-hybridized carbons (Fsp3) is 0.250. The van der Waals surface area contributed by atoms with Crippen LogP contribution < -0.4 is 15.5 Å². The molecule has 20 heavy (non-hydrogen) atoms. The summed E-state index contributed by atoms with van der Waals surface area (Å²) in [4.78, 5) is 4.68. The van der Waals surface area contributed by atoms with Gasteiger partial charge in [0.05, 0.1) is 22.1 Å². The summed E-state index contributed by atoms with van der Waals surface area (Å²) < 4.78 is 0. The van der Waals surface area contributed by atoms with E-state index in [0.717, 1.165) is 19.6 Å². The molecule has 0 atom stereocenters. The average molecular weight is 288 g/mol. The number of nitrogen functional groups attached to an aromatic ring is 1. The number of nitrogens with zero attached hydrogens (tertiary/aromatic N) is 2. The summed E-state index contributed by atoms with van der Waals surface area (Å²) in [5.74, 6) is 0. The summed E-state index contributed by atoms with van der Waals surface area (Å²) in [6.45, 7) is 2.89. The van der Waals surface area contributed by atoms with E-state index in [9.17, 15) is 0 Å². The molecule has 0 bridgehead atoms. The summed E-state index contributed by atoms with van der Waals surface area (Å²) >= 11 is 5.98. The molecule has 0 aliphatic carbocycles. The van der Waals surface area contributed by atoms with Crippen molar-refractivity contribution in [1.82, 2.24) is 0 Å². The predicted molar refractivity (Wildman–Crippen MR) is 86.6 cm³/mol. The number of fused-ring (bicyclic) bond motifs is 1. The lowest BCUT2D eigenvalue weighted by molar-refractivity contribution is 0.735. The Morgan fingerprint density at radius 2 is 1.85 bits per heavy atom. The first-order valence-corrected chi connectivity index (χ1v) is 7.12. The van der Waals surface area contributed by atoms with E-state index >= 15 is 0 Å². The summed E-state index contributed by atoms with van der Waals surface area (Å²) in [7, 11) is 2.14. The van der Waals surface area contributed by atoms with Crippen LogP contribution in [0.5, 0.6) is 0 Å². The van der Waals surface area contributed by atoms with Crippen LogP contribution in [0.15, 0.2) is 42.5 Å². The van der Waals surface area contributed by atoms with Crippen molar-refractivity contribution in [3.05, 3.63) is 53.1 Å². The highest BCUT2D eigenvalue weighted by Crippen LogP contribution is 2.33. The SMILES string of the molecule is CN1CCN(Cc2ccc(Cl)c(N)c2)c2ccccc21. The van der Waals surface area contributed by atoms with E-state index in [2.05, 4.69) is 41.1 Å². The number of anilines is 3. The van der Waals surface area contributed by atoms with Crippen LogP contribution in [0.1, 0.15) is 5.56 Å². The van der Waals surface area contributed by atoms with Gasteiger partial charge in [0.25, 0.3) is 0 Å². The molecule has 1 aliphatic heterocycles. The molecule has 0 fully saturated rings. The fourth-order valence-electron chi connectivity index (χ4n) is 2.64. The molecule has 2 aromatic rings. The van der Waals surface area contributed by atoms with Gasteiger partial charge in [0.15, 0.2) is 0 Å². The second kappa shape index (κ2) is 5.25. The zero-order valence-corrected chi connectivity index (χ0v) is 12.3. The van der Waals surface area contributed by atoms with E-state index in [1.807, 2.05) is 18.2 Å². The van der Waals surface area contributed by atoms with E-state index in [-0.39, 0.29) is 0 Å². The molecule has 0 saturated heterocycles. The standard InChI is InChI=1S/C16H18ClN3/c1-19-8-9-20(16-5-3-2-4-15(16)19)11-12-6-7-13(17)14(18)10-12/h2-7,10H,8-9,11,18H2,1H3. The van der Waals surface area contributed by atoms with Crippen LogP contribution in [0.25, 0.3) is 0 Å². The first-order chi connectivity index (χ1) is 9.65. The zero-order valence-electron chi connectivity index (χ0n) is 11.5. The Balaban J connectivity index is 1.88. The molecule has 0 amide bonds. The Labute approximate surface area is 124 Å². The monoisotopic (exact) mass is 287 g/mol. The smallest absolute Gasteiger partial charge is 0.0635 e. The van der Waals surface area contributed by atoms with Gasteiger partial charge in [-0.2, -0.15) is 0 Å². The number of rotatable bonds is 2. The van der Waals surface area contributed by atoms with E-state index in [4.69, 9.17) is 17.3 Å². The second-order valence-electron chi connectivity index (χ2n) is 5.19. The molecule has 1 aliphatic rings. The van der Waals surface area contributed by atoms with Crippen molar-refractivity contribution >= 4 is 28.7 Å². The van der Waals surface area contributed by atoms with Crippen molar-refractivity contribution in [2.75, 3.05) is 35.7 Å². The fourth-order valence-corrected chi connectivity index (χ4v) is 2.76. The normalized spacial score (nSPS) is 14.3. The summed E-state index contributed by atoms with van der Waals surface area (Å²) in [6, 6.07) is 14.4. The van der Waals surface area contributed by atoms with Gasteiger partial charge in [-0.3, -0.25) is 0 Å². The highest BCUT2D eigenvalue weighted by atomic mass is 35.5. The van der Waals surface area contributed by atoms with Gasteiger partial charge in [-0.05, 0) is 29.8 Å². The van der Waals surface area contributed by atoms with Crippen LogP contribution >= 0.6 is 11.6 Å². The molecule has 2 N–H and O–H groups in total. The Hall–Kier alpha value is -1.87. The van der Waals surface area contributed by atoms with Gasteiger partial charge in [0.2, 0.25) is 0 Å². The number of hydrogen-bond donors (Lipinski definition) is 1. The van der Waals surface area contributed by atoms with Crippen molar-refractivity contribution < 1.29 is 0 Å². The Kier molecular flexibility index (Phi) is 3.45. The van der Waals surface area contributed by atoms with Crippen LogP contribution in [-0.4, -0.2) is 20.1 Å². The summed E-state index contributed by atoms with van der Waals surface area (Å²) in [6.07, 6.45) is 0. The molecular formula is C16H18ClN3. The first kappa shape index (κ1) is 13.1. The molecule has 3 nitrogen and oxygen atoms in total. The molecule has 0 radical (unpaired) electrons. The van der Waals surface area contributed by atoms with E-state index < -0.39 is 0 Å². The maximum absolute atomic E-state index is 5.98. The predicted octanol–water partition coefficient (Wildman–Crippen LogP) is 3.38.